The summed E-state index contributed by atoms with van der Waals surface area (Å²) in [6.45, 7) is 5.79. The summed E-state index contributed by atoms with van der Waals surface area (Å²) in [5.41, 5.74) is 0.989. The summed E-state index contributed by atoms with van der Waals surface area (Å²) in [6.07, 6.45) is 4.56. The molecule has 1 aliphatic heterocycles. The molecular weight excluding hydrogens is 454 g/mol. The topological polar surface area (TPSA) is 89.3 Å². The number of aryl methyl sites for hydroxylation is 2. The lowest BCUT2D eigenvalue weighted by Gasteiger charge is -2.27. The number of sulfone groups is 1. The van der Waals surface area contributed by atoms with Crippen LogP contribution in [-0.4, -0.2) is 58.6 Å². The molecule has 4 rings (SSSR count). The van der Waals surface area contributed by atoms with Gasteiger partial charge in [-0.2, -0.15) is 0 Å². The van der Waals surface area contributed by atoms with Crippen molar-refractivity contribution in [2.24, 2.45) is 0 Å². The van der Waals surface area contributed by atoms with Gasteiger partial charge in [0.15, 0.2) is 15.0 Å². The van der Waals surface area contributed by atoms with Crippen LogP contribution in [0.4, 0.5) is 0 Å². The highest BCUT2D eigenvalue weighted by molar-refractivity contribution is 8.00. The zero-order valence-corrected chi connectivity index (χ0v) is 20.8. The van der Waals surface area contributed by atoms with Gasteiger partial charge >= 0.3 is 0 Å². The number of amides is 1. The predicted molar refractivity (Wildman–Crippen MR) is 126 cm³/mol. The maximum Gasteiger partial charge on any atom is 0.263 e. The van der Waals surface area contributed by atoms with Gasteiger partial charge in [0.25, 0.3) is 5.56 Å². The molecule has 2 unspecified atom stereocenters. The Morgan fingerprint density at radius 1 is 1.26 bits per heavy atom. The van der Waals surface area contributed by atoms with Gasteiger partial charge in [-0.1, -0.05) is 24.6 Å². The predicted octanol–water partition coefficient (Wildman–Crippen LogP) is 3.32. The summed E-state index contributed by atoms with van der Waals surface area (Å²) in [7, 11) is -1.39. The van der Waals surface area contributed by atoms with Crippen LogP contribution in [0.1, 0.15) is 55.5 Å². The van der Waals surface area contributed by atoms with Crippen molar-refractivity contribution >= 4 is 49.1 Å². The van der Waals surface area contributed by atoms with E-state index in [-0.39, 0.29) is 35.1 Å². The van der Waals surface area contributed by atoms with Crippen LogP contribution in [0.5, 0.6) is 0 Å². The maximum atomic E-state index is 13.5. The standard InChI is InChI=1S/C21H29N3O4S3/c1-12-13(2)29-18-17(12)20(26)24(15-7-5-6-8-15)21(22-18)30-14(3)19(25)23(4)16-9-10-31(27,28)11-16/h14-16H,5-11H2,1-4H3. The lowest BCUT2D eigenvalue weighted by atomic mass is 10.2. The fraction of sp³-hybridized carbons (Fsp3) is 0.667. The van der Waals surface area contributed by atoms with Gasteiger partial charge in [-0.15, -0.1) is 11.3 Å². The second kappa shape index (κ2) is 8.51. The number of thioether (sulfide) groups is 1. The monoisotopic (exact) mass is 483 g/mol. The lowest BCUT2D eigenvalue weighted by Crippen LogP contribution is -2.42. The van der Waals surface area contributed by atoms with Gasteiger partial charge in [0.2, 0.25) is 5.91 Å². The molecule has 1 saturated carbocycles. The Hall–Kier alpha value is -1.39. The third-order valence-corrected chi connectivity index (χ3v) is 10.5. The van der Waals surface area contributed by atoms with E-state index < -0.39 is 15.1 Å². The molecule has 0 radical (unpaired) electrons. The summed E-state index contributed by atoms with van der Waals surface area (Å²) in [4.78, 5) is 34.8. The number of carbonyl (C=O) groups is 1. The molecule has 2 aromatic heterocycles. The summed E-state index contributed by atoms with van der Waals surface area (Å²) in [5, 5.41) is 0.831. The lowest BCUT2D eigenvalue weighted by molar-refractivity contribution is -0.130. The van der Waals surface area contributed by atoms with Crippen molar-refractivity contribution in [3.8, 4) is 0 Å². The summed E-state index contributed by atoms with van der Waals surface area (Å²) in [6, 6.07) is -0.165. The van der Waals surface area contributed by atoms with E-state index in [1.165, 1.54) is 23.1 Å². The first kappa shape index (κ1) is 22.8. The molecule has 2 fully saturated rings. The second-order valence-corrected chi connectivity index (χ2v) is 13.5. The first-order chi connectivity index (χ1) is 14.6. The highest BCUT2D eigenvalue weighted by Gasteiger charge is 2.35. The van der Waals surface area contributed by atoms with Crippen molar-refractivity contribution in [3.63, 3.8) is 0 Å². The zero-order chi connectivity index (χ0) is 22.5. The summed E-state index contributed by atoms with van der Waals surface area (Å²) >= 11 is 2.83. The molecule has 7 nitrogen and oxygen atoms in total. The van der Waals surface area contributed by atoms with Gasteiger partial charge in [-0.25, -0.2) is 13.4 Å². The Morgan fingerprint density at radius 3 is 2.55 bits per heavy atom. The van der Waals surface area contributed by atoms with Crippen LogP contribution in [-0.2, 0) is 14.6 Å². The average molecular weight is 484 g/mol. The van der Waals surface area contributed by atoms with E-state index in [0.717, 1.165) is 41.0 Å². The van der Waals surface area contributed by atoms with Crippen molar-refractivity contribution in [2.45, 2.75) is 75.4 Å². The smallest absolute Gasteiger partial charge is 0.263 e. The largest absolute Gasteiger partial charge is 0.341 e. The molecule has 0 bridgehead atoms. The normalized spacial score (nSPS) is 22.3. The van der Waals surface area contributed by atoms with Gasteiger partial charge in [0.1, 0.15) is 4.83 Å². The van der Waals surface area contributed by atoms with E-state index in [2.05, 4.69) is 0 Å². The van der Waals surface area contributed by atoms with E-state index >= 15 is 0 Å². The second-order valence-electron chi connectivity index (χ2n) is 8.74. The number of hydrogen-bond donors (Lipinski definition) is 0. The molecule has 1 amide bonds. The molecule has 2 aromatic rings. The molecule has 3 heterocycles. The average Bonchev–Trinajstić information content (AvgIpc) is 3.41. The van der Waals surface area contributed by atoms with E-state index in [9.17, 15) is 18.0 Å². The summed E-state index contributed by atoms with van der Waals surface area (Å²) in [5.74, 6) is 0.0306. The molecule has 0 spiro atoms. The van der Waals surface area contributed by atoms with Gasteiger partial charge in [-0.05, 0) is 45.6 Å². The minimum absolute atomic E-state index is 0.00357. The Kier molecular flexibility index (Phi) is 6.26. The fourth-order valence-electron chi connectivity index (χ4n) is 4.61. The molecule has 10 heteroatoms. The van der Waals surface area contributed by atoms with Gasteiger partial charge in [0, 0.05) is 24.0 Å². The Morgan fingerprint density at radius 2 is 1.94 bits per heavy atom. The Bertz CT molecular complexity index is 1180. The number of rotatable bonds is 5. The van der Waals surface area contributed by atoms with E-state index in [1.54, 1.807) is 11.9 Å². The highest BCUT2D eigenvalue weighted by atomic mass is 32.2. The van der Waals surface area contributed by atoms with Gasteiger partial charge in [0.05, 0.1) is 22.1 Å². The van der Waals surface area contributed by atoms with Gasteiger partial charge < -0.3 is 4.90 Å². The Balaban J connectivity index is 1.66. The van der Waals surface area contributed by atoms with E-state index in [1.807, 2.05) is 25.3 Å². The minimum Gasteiger partial charge on any atom is -0.341 e. The first-order valence-corrected chi connectivity index (χ1v) is 14.3. The van der Waals surface area contributed by atoms with Crippen molar-refractivity contribution < 1.29 is 13.2 Å². The number of carbonyl (C=O) groups excluding carboxylic acids is 1. The van der Waals surface area contributed by atoms with E-state index in [4.69, 9.17) is 4.98 Å². The molecule has 170 valence electrons. The molecule has 1 aliphatic carbocycles. The molecule has 2 aliphatic rings. The molecule has 31 heavy (non-hydrogen) atoms. The van der Waals surface area contributed by atoms with Crippen LogP contribution < -0.4 is 5.56 Å². The number of hydrogen-bond acceptors (Lipinski definition) is 7. The maximum absolute atomic E-state index is 13.5. The molecule has 1 saturated heterocycles. The van der Waals surface area contributed by atoms with Crippen LogP contribution in [0, 0.1) is 13.8 Å². The van der Waals surface area contributed by atoms with Crippen molar-refractivity contribution in [1.29, 1.82) is 0 Å². The third-order valence-electron chi connectivity index (χ3n) is 6.63. The van der Waals surface area contributed by atoms with Gasteiger partial charge in [-0.3, -0.25) is 14.2 Å². The highest BCUT2D eigenvalue weighted by Crippen LogP contribution is 2.36. The van der Waals surface area contributed by atoms with E-state index in [0.29, 0.717) is 17.0 Å². The van der Waals surface area contributed by atoms with Crippen LogP contribution >= 0.6 is 23.1 Å². The van der Waals surface area contributed by atoms with Crippen molar-refractivity contribution in [1.82, 2.24) is 14.5 Å². The molecule has 0 N–H and O–H groups in total. The van der Waals surface area contributed by atoms with Crippen molar-refractivity contribution in [3.05, 3.63) is 20.8 Å². The molecule has 0 aromatic carbocycles. The SMILES string of the molecule is Cc1sc2nc(SC(C)C(=O)N(C)C3CCS(=O)(=O)C3)n(C3CCCC3)c(=O)c2c1C. The molecule has 2 atom stereocenters. The zero-order valence-electron chi connectivity index (χ0n) is 18.4. The number of aromatic nitrogens is 2. The number of nitrogens with zero attached hydrogens (tertiary/aromatic N) is 3. The van der Waals surface area contributed by atoms with Crippen LogP contribution in [0.25, 0.3) is 10.2 Å². The van der Waals surface area contributed by atoms with Crippen LogP contribution in [0.3, 0.4) is 0 Å². The third kappa shape index (κ3) is 4.30. The fourth-order valence-corrected chi connectivity index (χ4v) is 8.54. The summed E-state index contributed by atoms with van der Waals surface area (Å²) < 4.78 is 25.5. The quantitative estimate of drug-likeness (QED) is 0.479. The minimum atomic E-state index is -3.07. The Labute approximate surface area is 191 Å². The van der Waals surface area contributed by atoms with Crippen LogP contribution in [0.2, 0.25) is 0 Å². The van der Waals surface area contributed by atoms with Crippen LogP contribution in [0.15, 0.2) is 9.95 Å². The molecular formula is C21H29N3O4S3. The van der Waals surface area contributed by atoms with Crippen molar-refractivity contribution in [2.75, 3.05) is 18.6 Å². The first-order valence-electron chi connectivity index (χ1n) is 10.7. The number of thiophene rings is 1. The number of fused-ring (bicyclic) bond motifs is 1.